The quantitative estimate of drug-likeness (QED) is 0.752. The van der Waals surface area contributed by atoms with Crippen LogP contribution >= 0.6 is 15.9 Å². The minimum atomic E-state index is -3.37. The van der Waals surface area contributed by atoms with Gasteiger partial charge in [0.25, 0.3) is 0 Å². The molecule has 0 heterocycles. The number of ketones is 1. The number of rotatable bonds is 5. The molecule has 0 atom stereocenters. The Hall–Kier alpha value is -0.770. The van der Waals surface area contributed by atoms with E-state index in [4.69, 9.17) is 0 Å². The highest BCUT2D eigenvalue weighted by Crippen LogP contribution is 2.25. The molecule has 15 heavy (non-hydrogen) atoms. The van der Waals surface area contributed by atoms with Gasteiger partial charge in [0.1, 0.15) is 0 Å². The van der Waals surface area contributed by atoms with Crippen molar-refractivity contribution in [2.24, 2.45) is 0 Å². The summed E-state index contributed by atoms with van der Waals surface area (Å²) in [4.78, 5) is 7.49. The number of halogens is 3. The van der Waals surface area contributed by atoms with Crippen molar-refractivity contribution in [3.63, 3.8) is 0 Å². The third kappa shape index (κ3) is 4.51. The second-order valence-electron chi connectivity index (χ2n) is 3.26. The molecule has 0 unspecified atom stereocenters. The number of carbonyl (C=O) groups excluding carboxylic acids is 1. The third-order valence-electron chi connectivity index (χ3n) is 2.03. The summed E-state index contributed by atoms with van der Waals surface area (Å²) < 4.78 is 24.8. The molecule has 0 radical (unpaired) electrons. The zero-order valence-electron chi connectivity index (χ0n) is 8.05. The maximum absolute atomic E-state index is 12.4. The van der Waals surface area contributed by atoms with Gasteiger partial charge in [-0.05, 0) is 34.3 Å². The van der Waals surface area contributed by atoms with Crippen LogP contribution in [0.15, 0.2) is 30.3 Å². The number of hydrogen-bond acceptors (Lipinski definition) is 1. The van der Waals surface area contributed by atoms with Crippen LogP contribution in [0.5, 0.6) is 0 Å². The molecular weight excluding hydrogens is 266 g/mol. The average Bonchev–Trinajstić information content (AvgIpc) is 2.18. The molecule has 82 valence electrons. The van der Waals surface area contributed by atoms with Crippen molar-refractivity contribution in [2.75, 3.05) is 0 Å². The second kappa shape index (κ2) is 5.35. The largest absolute Gasteiger partial charge is 0.358 e. The summed E-state index contributed by atoms with van der Waals surface area (Å²) in [5, 5.41) is 0. The molecule has 0 aromatic heterocycles. The molecule has 0 fully saturated rings. The lowest BCUT2D eigenvalue weighted by Gasteiger charge is -2.06. The molecule has 0 spiro atoms. The Morgan fingerprint density at radius 2 is 1.87 bits per heavy atom. The van der Waals surface area contributed by atoms with E-state index < -0.39 is 10.6 Å². The monoisotopic (exact) mass is 276 g/mol. The fraction of sp³-hybridized carbons (Fsp3) is 0.364. The Labute approximate surface area is 95.6 Å². The highest BCUT2D eigenvalue weighted by atomic mass is 79.9. The number of benzene rings is 1. The molecule has 1 nitrogen and oxygen atoms in total. The van der Waals surface area contributed by atoms with E-state index in [-0.39, 0.29) is 6.42 Å². The van der Waals surface area contributed by atoms with Gasteiger partial charge >= 0.3 is 4.83 Å². The summed E-state index contributed by atoms with van der Waals surface area (Å²) in [7, 11) is 0. The molecule has 1 aromatic carbocycles. The van der Waals surface area contributed by atoms with E-state index in [1.807, 2.05) is 46.3 Å². The summed E-state index contributed by atoms with van der Waals surface area (Å²) in [5.74, 6) is -1.06. The molecular formula is C11H11BrF2O. The van der Waals surface area contributed by atoms with Crippen LogP contribution in [-0.2, 0) is 11.2 Å². The van der Waals surface area contributed by atoms with Gasteiger partial charge in [0, 0.05) is 6.42 Å². The third-order valence-corrected chi connectivity index (χ3v) is 2.47. The van der Waals surface area contributed by atoms with Crippen LogP contribution in [0.4, 0.5) is 8.78 Å². The Morgan fingerprint density at radius 3 is 2.40 bits per heavy atom. The predicted octanol–water partition coefficient (Wildman–Crippen LogP) is 3.57. The smallest absolute Gasteiger partial charge is 0.292 e. The number of alkyl halides is 3. The Morgan fingerprint density at radius 1 is 1.27 bits per heavy atom. The van der Waals surface area contributed by atoms with E-state index in [9.17, 15) is 13.6 Å². The van der Waals surface area contributed by atoms with Gasteiger partial charge in [-0.25, -0.2) is 0 Å². The van der Waals surface area contributed by atoms with Gasteiger partial charge in [-0.1, -0.05) is 30.3 Å². The topological polar surface area (TPSA) is 17.1 Å². The predicted molar refractivity (Wildman–Crippen MR) is 58.3 cm³/mol. The Bertz CT molecular complexity index is 319. The lowest BCUT2D eigenvalue weighted by atomic mass is 10.1. The molecule has 0 aliphatic heterocycles. The first-order valence-corrected chi connectivity index (χ1v) is 5.43. The van der Waals surface area contributed by atoms with Gasteiger partial charge in [-0.3, -0.25) is 4.79 Å². The first-order valence-electron chi connectivity index (χ1n) is 4.64. The van der Waals surface area contributed by atoms with E-state index in [0.29, 0.717) is 12.8 Å². The standard InChI is InChI=1S/C11H11BrF2O/c12-11(13,14)10(15)8-4-7-9-5-2-1-3-6-9/h1-3,5-6H,4,7-8H2. The first kappa shape index (κ1) is 12.3. The molecule has 1 aromatic rings. The zero-order chi connectivity index (χ0) is 11.3. The average molecular weight is 277 g/mol. The summed E-state index contributed by atoms with van der Waals surface area (Å²) in [5.41, 5.74) is 1.06. The van der Waals surface area contributed by atoms with E-state index in [1.54, 1.807) is 0 Å². The van der Waals surface area contributed by atoms with Crippen molar-refractivity contribution < 1.29 is 13.6 Å². The molecule has 0 aliphatic rings. The highest BCUT2D eigenvalue weighted by molar-refractivity contribution is 9.10. The highest BCUT2D eigenvalue weighted by Gasteiger charge is 2.33. The zero-order valence-corrected chi connectivity index (χ0v) is 9.64. The first-order chi connectivity index (χ1) is 7.00. The SMILES string of the molecule is O=C(CCCc1ccccc1)C(F)(F)Br. The van der Waals surface area contributed by atoms with Gasteiger partial charge in [0.15, 0.2) is 0 Å². The second-order valence-corrected chi connectivity index (χ2v) is 4.26. The minimum Gasteiger partial charge on any atom is -0.292 e. The summed E-state index contributed by atoms with van der Waals surface area (Å²) in [6, 6.07) is 9.49. The molecule has 0 saturated heterocycles. The lowest BCUT2D eigenvalue weighted by Crippen LogP contribution is -2.20. The van der Waals surface area contributed by atoms with Gasteiger partial charge in [-0.2, -0.15) is 8.78 Å². The van der Waals surface area contributed by atoms with E-state index in [1.165, 1.54) is 0 Å². The Balaban J connectivity index is 2.32. The summed E-state index contributed by atoms with van der Waals surface area (Å²) in [6.07, 6.45) is 0.993. The van der Waals surface area contributed by atoms with Crippen LogP contribution in [0.2, 0.25) is 0 Å². The van der Waals surface area contributed by atoms with Crippen molar-refractivity contribution in [3.8, 4) is 0 Å². The fourth-order valence-electron chi connectivity index (χ4n) is 1.24. The maximum Gasteiger partial charge on any atom is 0.358 e. The van der Waals surface area contributed by atoms with Gasteiger partial charge in [-0.15, -0.1) is 0 Å². The lowest BCUT2D eigenvalue weighted by molar-refractivity contribution is -0.131. The van der Waals surface area contributed by atoms with Crippen molar-refractivity contribution >= 4 is 21.7 Å². The molecule has 0 bridgehead atoms. The summed E-state index contributed by atoms with van der Waals surface area (Å²) in [6.45, 7) is 0. The van der Waals surface area contributed by atoms with Crippen molar-refractivity contribution in [3.05, 3.63) is 35.9 Å². The van der Waals surface area contributed by atoms with Crippen LogP contribution in [0.3, 0.4) is 0 Å². The summed E-state index contributed by atoms with van der Waals surface area (Å²) >= 11 is 2.05. The van der Waals surface area contributed by atoms with Crippen molar-refractivity contribution in [1.82, 2.24) is 0 Å². The van der Waals surface area contributed by atoms with Crippen molar-refractivity contribution in [1.29, 1.82) is 0 Å². The molecule has 0 aliphatic carbocycles. The molecule has 0 N–H and O–H groups in total. The fourth-order valence-corrected chi connectivity index (χ4v) is 1.44. The van der Waals surface area contributed by atoms with Crippen molar-refractivity contribution in [2.45, 2.75) is 24.1 Å². The molecule has 0 saturated carbocycles. The van der Waals surface area contributed by atoms with Crippen LogP contribution < -0.4 is 0 Å². The normalized spacial score (nSPS) is 11.4. The van der Waals surface area contributed by atoms with E-state index in [0.717, 1.165) is 5.56 Å². The van der Waals surface area contributed by atoms with Crippen LogP contribution in [0, 0.1) is 0 Å². The molecule has 4 heteroatoms. The minimum absolute atomic E-state index is 0.104. The van der Waals surface area contributed by atoms with Crippen LogP contribution in [0.25, 0.3) is 0 Å². The van der Waals surface area contributed by atoms with Gasteiger partial charge in [0.05, 0.1) is 0 Å². The van der Waals surface area contributed by atoms with Gasteiger partial charge < -0.3 is 0 Å². The van der Waals surface area contributed by atoms with Gasteiger partial charge in [0.2, 0.25) is 5.78 Å². The number of Topliss-reactive ketones (excluding diaryl/α,β-unsaturated/α-hetero) is 1. The Kier molecular flexibility index (Phi) is 4.39. The van der Waals surface area contributed by atoms with E-state index >= 15 is 0 Å². The van der Waals surface area contributed by atoms with E-state index in [2.05, 4.69) is 0 Å². The maximum atomic E-state index is 12.4. The molecule has 1 rings (SSSR count). The number of aryl methyl sites for hydroxylation is 1. The molecule has 0 amide bonds. The number of hydrogen-bond donors (Lipinski definition) is 0. The van der Waals surface area contributed by atoms with Crippen LogP contribution in [0.1, 0.15) is 18.4 Å². The number of carbonyl (C=O) groups is 1. The van der Waals surface area contributed by atoms with Crippen LogP contribution in [-0.4, -0.2) is 10.6 Å².